The summed E-state index contributed by atoms with van der Waals surface area (Å²) < 4.78 is 44.5. The summed E-state index contributed by atoms with van der Waals surface area (Å²) in [5.74, 6) is 0.369. The van der Waals surface area contributed by atoms with Crippen molar-refractivity contribution in [2.75, 3.05) is 23.7 Å². The van der Waals surface area contributed by atoms with Gasteiger partial charge in [0.05, 0.1) is 16.1 Å². The normalized spacial score (nSPS) is 16.0. The Morgan fingerprint density at radius 3 is 2.86 bits per heavy atom. The first-order chi connectivity index (χ1) is 17.5. The molecule has 0 aliphatic carbocycles. The predicted molar refractivity (Wildman–Crippen MR) is 128 cm³/mol. The van der Waals surface area contributed by atoms with E-state index in [4.69, 9.17) is 21.9 Å². The quantitative estimate of drug-likeness (QED) is 0.397. The highest BCUT2D eigenvalue weighted by molar-refractivity contribution is 6.36. The van der Waals surface area contributed by atoms with Gasteiger partial charge in [-0.1, -0.05) is 16.8 Å². The Balaban J connectivity index is 1.29. The van der Waals surface area contributed by atoms with Crippen molar-refractivity contribution in [2.24, 2.45) is 0 Å². The molecule has 1 fully saturated rings. The van der Waals surface area contributed by atoms with E-state index in [9.17, 15) is 22.8 Å². The van der Waals surface area contributed by atoms with E-state index in [1.807, 2.05) is 4.90 Å². The van der Waals surface area contributed by atoms with Gasteiger partial charge in [-0.3, -0.25) is 4.79 Å². The highest BCUT2D eigenvalue weighted by atomic mass is 35.5. The Bertz CT molecular complexity index is 1560. The number of hydrogen-bond donors (Lipinski definition) is 2. The standard InChI is InChI=1S/C22H20ClF3N8O3/c1-11-6-13(33-10-29-34(21(33)36)9-22(24,25)26)2-3-14(11)20(35)30-12-4-5-32(8-12)19-17-16(15(23)7-28-19)18(27)31-37-17/h2-3,6-7,10,12H,4-5,8-9H2,1H3,(H2,27,31)(H,30,35)/t12-/m1/s1. The van der Waals surface area contributed by atoms with E-state index in [2.05, 4.69) is 20.6 Å². The fraction of sp³-hybridized carbons (Fsp3) is 0.318. The van der Waals surface area contributed by atoms with Crippen LogP contribution in [0.2, 0.25) is 5.02 Å². The highest BCUT2D eigenvalue weighted by Gasteiger charge is 2.31. The summed E-state index contributed by atoms with van der Waals surface area (Å²) in [7, 11) is 0. The number of rotatable bonds is 5. The average molecular weight is 537 g/mol. The van der Waals surface area contributed by atoms with E-state index in [0.717, 1.165) is 10.9 Å². The third-order valence-electron chi connectivity index (χ3n) is 6.08. The summed E-state index contributed by atoms with van der Waals surface area (Å²) in [5, 5.41) is 11.1. The van der Waals surface area contributed by atoms with Crippen LogP contribution in [0.5, 0.6) is 0 Å². The van der Waals surface area contributed by atoms with Crippen molar-refractivity contribution in [2.45, 2.75) is 32.1 Å². The molecule has 1 saturated heterocycles. The van der Waals surface area contributed by atoms with Crippen molar-refractivity contribution in [1.82, 2.24) is 29.8 Å². The first kappa shape index (κ1) is 24.6. The molecule has 0 unspecified atom stereocenters. The average Bonchev–Trinajstić information content (AvgIpc) is 3.53. The molecule has 5 rings (SSSR count). The van der Waals surface area contributed by atoms with Gasteiger partial charge < -0.3 is 20.5 Å². The molecule has 0 radical (unpaired) electrons. The summed E-state index contributed by atoms with van der Waals surface area (Å²) in [5.41, 5.74) is 6.48. The number of halogens is 4. The number of nitrogen functional groups attached to an aromatic ring is 1. The molecule has 4 heterocycles. The Hall–Kier alpha value is -4.07. The second-order valence-corrected chi connectivity index (χ2v) is 9.07. The number of hydrogen-bond acceptors (Lipinski definition) is 8. The van der Waals surface area contributed by atoms with Gasteiger partial charge in [-0.05, 0) is 37.1 Å². The first-order valence-electron chi connectivity index (χ1n) is 11.1. The smallest absolute Gasteiger partial charge is 0.380 e. The van der Waals surface area contributed by atoms with Crippen molar-refractivity contribution >= 4 is 40.1 Å². The second-order valence-electron chi connectivity index (χ2n) is 8.66. The molecule has 1 aromatic carbocycles. The number of benzene rings is 1. The van der Waals surface area contributed by atoms with Gasteiger partial charge in [0, 0.05) is 30.9 Å². The summed E-state index contributed by atoms with van der Waals surface area (Å²) in [4.78, 5) is 31.6. The number of nitrogens with one attached hydrogen (secondary N) is 1. The molecule has 1 aliphatic heterocycles. The molecule has 3 N–H and O–H groups in total. The van der Waals surface area contributed by atoms with E-state index in [0.29, 0.717) is 62.8 Å². The second kappa shape index (κ2) is 9.10. The van der Waals surface area contributed by atoms with Crippen LogP contribution in [-0.2, 0) is 6.54 Å². The zero-order valence-corrected chi connectivity index (χ0v) is 20.0. The lowest BCUT2D eigenvalue weighted by Gasteiger charge is -2.18. The zero-order chi connectivity index (χ0) is 26.5. The van der Waals surface area contributed by atoms with Crippen molar-refractivity contribution in [3.05, 3.63) is 57.4 Å². The first-order valence-corrected chi connectivity index (χ1v) is 11.5. The lowest BCUT2D eigenvalue weighted by molar-refractivity contribution is -0.143. The molecule has 3 aromatic heterocycles. The minimum atomic E-state index is -4.57. The minimum Gasteiger partial charge on any atom is -0.380 e. The molecular formula is C22H20ClF3N8O3. The summed E-state index contributed by atoms with van der Waals surface area (Å²) in [6, 6.07) is 4.34. The molecule has 1 atom stereocenters. The number of nitrogens with two attached hydrogens (primary N) is 1. The maximum atomic E-state index is 13.0. The Morgan fingerprint density at radius 2 is 2.14 bits per heavy atom. The van der Waals surface area contributed by atoms with Gasteiger partial charge in [-0.25, -0.2) is 19.0 Å². The number of aromatic nitrogens is 5. The number of nitrogens with zero attached hydrogens (tertiary/aromatic N) is 6. The molecular weight excluding hydrogens is 517 g/mol. The van der Waals surface area contributed by atoms with Crippen LogP contribution < -0.4 is 21.6 Å². The van der Waals surface area contributed by atoms with Crippen molar-refractivity contribution in [1.29, 1.82) is 0 Å². The van der Waals surface area contributed by atoms with Crippen LogP contribution in [0.15, 0.2) is 40.0 Å². The van der Waals surface area contributed by atoms with E-state index in [1.54, 1.807) is 13.0 Å². The number of fused-ring (bicyclic) bond motifs is 1. The molecule has 1 amide bonds. The molecule has 0 saturated carbocycles. The van der Waals surface area contributed by atoms with Gasteiger partial charge in [0.2, 0.25) is 5.58 Å². The lowest BCUT2D eigenvalue weighted by Crippen LogP contribution is -2.37. The van der Waals surface area contributed by atoms with Gasteiger partial charge in [0.1, 0.15) is 12.9 Å². The SMILES string of the molecule is Cc1cc(-n2cnn(CC(F)(F)F)c2=O)ccc1C(=O)N[C@@H]1CCN(c2ncc(Cl)c3c(N)noc23)C1. The monoisotopic (exact) mass is 536 g/mol. The van der Waals surface area contributed by atoms with E-state index in [1.165, 1.54) is 18.3 Å². The van der Waals surface area contributed by atoms with Crippen LogP contribution in [0.1, 0.15) is 22.3 Å². The summed E-state index contributed by atoms with van der Waals surface area (Å²) in [6.07, 6.45) is -1.44. The maximum absolute atomic E-state index is 13.0. The maximum Gasteiger partial charge on any atom is 0.408 e. The molecule has 0 spiro atoms. The van der Waals surface area contributed by atoms with Crippen molar-refractivity contribution in [3.63, 3.8) is 0 Å². The highest BCUT2D eigenvalue weighted by Crippen LogP contribution is 2.35. The van der Waals surface area contributed by atoms with Crippen LogP contribution in [-0.4, -0.2) is 55.7 Å². The van der Waals surface area contributed by atoms with Crippen molar-refractivity contribution in [3.8, 4) is 5.69 Å². The number of pyridine rings is 1. The van der Waals surface area contributed by atoms with Crippen LogP contribution in [0, 0.1) is 6.92 Å². The number of anilines is 2. The van der Waals surface area contributed by atoms with Crippen molar-refractivity contribution < 1.29 is 22.5 Å². The Kier molecular flexibility index (Phi) is 6.06. The Labute approximate surface area is 211 Å². The van der Waals surface area contributed by atoms with Gasteiger partial charge in [-0.15, -0.1) is 0 Å². The third-order valence-corrected chi connectivity index (χ3v) is 6.37. The molecule has 11 nitrogen and oxygen atoms in total. The van der Waals surface area contributed by atoms with Crippen LogP contribution in [0.25, 0.3) is 16.7 Å². The van der Waals surface area contributed by atoms with Crippen LogP contribution in [0.4, 0.5) is 24.8 Å². The summed E-state index contributed by atoms with van der Waals surface area (Å²) >= 11 is 6.16. The molecule has 4 aromatic rings. The number of carbonyl (C=O) groups is 1. The number of aryl methyl sites for hydroxylation is 1. The predicted octanol–water partition coefficient (Wildman–Crippen LogP) is 2.69. The number of carbonyl (C=O) groups excluding carboxylic acids is 1. The van der Waals surface area contributed by atoms with E-state index < -0.39 is 18.4 Å². The topological polar surface area (TPSA) is 137 Å². The third kappa shape index (κ3) is 4.71. The Morgan fingerprint density at radius 1 is 1.35 bits per heavy atom. The van der Waals surface area contributed by atoms with E-state index in [-0.39, 0.29) is 17.8 Å². The molecule has 15 heteroatoms. The molecule has 194 valence electrons. The van der Waals surface area contributed by atoms with Crippen LogP contribution >= 0.6 is 11.6 Å². The number of amides is 1. The zero-order valence-electron chi connectivity index (χ0n) is 19.3. The van der Waals surface area contributed by atoms with E-state index >= 15 is 0 Å². The lowest BCUT2D eigenvalue weighted by atomic mass is 10.1. The van der Waals surface area contributed by atoms with Gasteiger partial charge in [-0.2, -0.15) is 18.3 Å². The number of alkyl halides is 3. The van der Waals surface area contributed by atoms with Gasteiger partial charge >= 0.3 is 11.9 Å². The molecule has 1 aliphatic rings. The fourth-order valence-electron chi connectivity index (χ4n) is 4.33. The minimum absolute atomic E-state index is 0.168. The molecule has 37 heavy (non-hydrogen) atoms. The molecule has 0 bridgehead atoms. The summed E-state index contributed by atoms with van der Waals surface area (Å²) in [6.45, 7) is 1.24. The van der Waals surface area contributed by atoms with Crippen LogP contribution in [0.3, 0.4) is 0 Å². The van der Waals surface area contributed by atoms with Gasteiger partial charge in [0.15, 0.2) is 11.6 Å². The fourth-order valence-corrected chi connectivity index (χ4v) is 4.56. The van der Waals surface area contributed by atoms with Gasteiger partial charge in [0.25, 0.3) is 5.91 Å². The largest absolute Gasteiger partial charge is 0.408 e.